The Balaban J connectivity index is 1.83. The van der Waals surface area contributed by atoms with Crippen molar-refractivity contribution >= 4 is 21.7 Å². The average Bonchev–Trinajstić information content (AvgIpc) is 2.71. The molecular formula is C17H19NO2S. The van der Waals surface area contributed by atoms with E-state index in [0.717, 1.165) is 34.9 Å². The number of pyridine rings is 1. The molecule has 2 unspecified atom stereocenters. The van der Waals surface area contributed by atoms with E-state index in [1.807, 2.05) is 31.2 Å². The van der Waals surface area contributed by atoms with Gasteiger partial charge < -0.3 is 5.11 Å². The van der Waals surface area contributed by atoms with Gasteiger partial charge in [-0.2, -0.15) is 0 Å². The first-order valence-electron chi connectivity index (χ1n) is 7.55. The van der Waals surface area contributed by atoms with E-state index >= 15 is 0 Å². The van der Waals surface area contributed by atoms with E-state index in [1.54, 1.807) is 6.20 Å². The largest absolute Gasteiger partial charge is 0.385 e. The Hall–Kier alpha value is -1.26. The Labute approximate surface area is 126 Å². The molecule has 0 spiro atoms. The summed E-state index contributed by atoms with van der Waals surface area (Å²) >= 11 is 0. The predicted molar refractivity (Wildman–Crippen MR) is 84.6 cm³/mol. The fourth-order valence-corrected chi connectivity index (χ4v) is 6.26. The van der Waals surface area contributed by atoms with Crippen LogP contribution in [-0.4, -0.2) is 24.8 Å². The minimum atomic E-state index is -0.838. The van der Waals surface area contributed by atoms with Crippen molar-refractivity contribution < 1.29 is 9.32 Å². The second-order valence-electron chi connectivity index (χ2n) is 6.40. The summed E-state index contributed by atoms with van der Waals surface area (Å²) in [6, 6.07) is 8.05. The highest BCUT2D eigenvalue weighted by Gasteiger charge is 2.48. The Kier molecular flexibility index (Phi) is 2.95. The number of rotatable bonds is 1. The number of aryl methyl sites for hydroxylation is 1. The van der Waals surface area contributed by atoms with Crippen LogP contribution in [0.25, 0.3) is 10.9 Å². The lowest BCUT2D eigenvalue weighted by Gasteiger charge is -2.37. The molecule has 2 aliphatic rings. The zero-order valence-electron chi connectivity index (χ0n) is 12.1. The standard InChI is InChI=1S/C17H19NO2S/c1-11-15(7-4-12-3-2-8-18-16(11)12)17(19)9-13-5-6-14(10-17)21(13)20/h2-4,7-8,13-14,19H,5-6,9-10H2,1H3. The molecule has 21 heavy (non-hydrogen) atoms. The Morgan fingerprint density at radius 1 is 1.24 bits per heavy atom. The molecule has 4 rings (SSSR count). The van der Waals surface area contributed by atoms with E-state index in [0.29, 0.717) is 12.8 Å². The van der Waals surface area contributed by atoms with Gasteiger partial charge in [0.25, 0.3) is 0 Å². The molecule has 2 atom stereocenters. The van der Waals surface area contributed by atoms with E-state index in [-0.39, 0.29) is 10.5 Å². The number of benzene rings is 1. The first kappa shape index (κ1) is 13.4. The third-order valence-electron chi connectivity index (χ3n) is 5.13. The summed E-state index contributed by atoms with van der Waals surface area (Å²) in [5.41, 5.74) is 2.16. The summed E-state index contributed by atoms with van der Waals surface area (Å²) in [5, 5.41) is 12.6. The van der Waals surface area contributed by atoms with Crippen LogP contribution in [0.3, 0.4) is 0 Å². The van der Waals surface area contributed by atoms with Gasteiger partial charge >= 0.3 is 0 Å². The Bertz CT molecular complexity index is 727. The molecule has 0 amide bonds. The monoisotopic (exact) mass is 301 g/mol. The molecule has 1 aromatic carbocycles. The van der Waals surface area contributed by atoms with Crippen molar-refractivity contribution in [1.29, 1.82) is 0 Å². The minimum absolute atomic E-state index is 0.160. The summed E-state index contributed by atoms with van der Waals surface area (Å²) < 4.78 is 12.2. The van der Waals surface area contributed by atoms with Crippen LogP contribution in [0, 0.1) is 6.92 Å². The second kappa shape index (κ2) is 4.62. The molecule has 2 aliphatic heterocycles. The molecule has 110 valence electrons. The van der Waals surface area contributed by atoms with Crippen molar-refractivity contribution in [1.82, 2.24) is 4.98 Å². The lowest BCUT2D eigenvalue weighted by atomic mass is 9.82. The molecule has 2 fully saturated rings. The van der Waals surface area contributed by atoms with Crippen LogP contribution in [0.5, 0.6) is 0 Å². The molecule has 2 bridgehead atoms. The number of hydrogen-bond donors (Lipinski definition) is 1. The van der Waals surface area contributed by atoms with Gasteiger partial charge in [-0.1, -0.05) is 18.2 Å². The summed E-state index contributed by atoms with van der Waals surface area (Å²) in [6.07, 6.45) is 5.02. The van der Waals surface area contributed by atoms with Crippen molar-refractivity contribution in [3.8, 4) is 0 Å². The first-order valence-corrected chi connectivity index (χ1v) is 8.83. The minimum Gasteiger partial charge on any atom is -0.385 e. The van der Waals surface area contributed by atoms with Gasteiger partial charge in [-0.3, -0.25) is 9.19 Å². The maximum absolute atomic E-state index is 12.2. The topological polar surface area (TPSA) is 50.2 Å². The zero-order chi connectivity index (χ0) is 14.6. The average molecular weight is 301 g/mol. The van der Waals surface area contributed by atoms with Crippen LogP contribution >= 0.6 is 0 Å². The van der Waals surface area contributed by atoms with Crippen molar-refractivity contribution in [2.24, 2.45) is 0 Å². The van der Waals surface area contributed by atoms with Gasteiger partial charge in [0, 0.05) is 32.9 Å². The maximum Gasteiger partial charge on any atom is 0.0922 e. The summed E-state index contributed by atoms with van der Waals surface area (Å²) in [4.78, 5) is 4.46. The van der Waals surface area contributed by atoms with Crippen LogP contribution in [0.15, 0.2) is 30.5 Å². The summed E-state index contributed by atoms with van der Waals surface area (Å²) in [6.45, 7) is 2.04. The predicted octanol–water partition coefficient (Wildman–Crippen LogP) is 2.80. The lowest BCUT2D eigenvalue weighted by molar-refractivity contribution is 0.0180. The molecule has 2 saturated heterocycles. The van der Waals surface area contributed by atoms with E-state index in [4.69, 9.17) is 0 Å². The molecule has 1 N–H and O–H groups in total. The second-order valence-corrected chi connectivity index (χ2v) is 8.39. The number of fused-ring (bicyclic) bond motifs is 3. The quantitative estimate of drug-likeness (QED) is 0.881. The van der Waals surface area contributed by atoms with Crippen molar-refractivity contribution in [3.05, 3.63) is 41.6 Å². The van der Waals surface area contributed by atoms with Gasteiger partial charge in [0.15, 0.2) is 0 Å². The Morgan fingerprint density at radius 3 is 2.67 bits per heavy atom. The normalized spacial score (nSPS) is 35.2. The fraction of sp³-hybridized carbons (Fsp3) is 0.471. The third-order valence-corrected chi connectivity index (χ3v) is 7.25. The highest BCUT2D eigenvalue weighted by atomic mass is 32.2. The number of aromatic nitrogens is 1. The molecule has 0 aliphatic carbocycles. The van der Waals surface area contributed by atoms with Crippen LogP contribution in [-0.2, 0) is 16.4 Å². The lowest BCUT2D eigenvalue weighted by Crippen LogP contribution is -2.40. The molecule has 0 saturated carbocycles. The number of aliphatic hydroxyl groups is 1. The summed E-state index contributed by atoms with van der Waals surface area (Å²) in [7, 11) is -0.748. The first-order chi connectivity index (χ1) is 10.1. The smallest absolute Gasteiger partial charge is 0.0922 e. The van der Waals surface area contributed by atoms with E-state index in [1.165, 1.54) is 0 Å². The van der Waals surface area contributed by atoms with Crippen LogP contribution < -0.4 is 0 Å². The highest BCUT2D eigenvalue weighted by molar-refractivity contribution is 7.86. The van der Waals surface area contributed by atoms with Gasteiger partial charge in [-0.05, 0) is 49.8 Å². The molecule has 0 radical (unpaired) electrons. The van der Waals surface area contributed by atoms with Crippen LogP contribution in [0.2, 0.25) is 0 Å². The highest BCUT2D eigenvalue weighted by Crippen LogP contribution is 2.47. The van der Waals surface area contributed by atoms with E-state index in [2.05, 4.69) is 4.98 Å². The van der Waals surface area contributed by atoms with Gasteiger partial charge in [-0.15, -0.1) is 0 Å². The number of nitrogens with zero attached hydrogens (tertiary/aromatic N) is 1. The van der Waals surface area contributed by atoms with E-state index < -0.39 is 16.4 Å². The van der Waals surface area contributed by atoms with Gasteiger partial charge in [0.1, 0.15) is 0 Å². The zero-order valence-corrected chi connectivity index (χ0v) is 12.9. The van der Waals surface area contributed by atoms with Crippen molar-refractivity contribution in [3.63, 3.8) is 0 Å². The molecule has 1 aromatic heterocycles. The fourth-order valence-electron chi connectivity index (χ4n) is 4.10. The van der Waals surface area contributed by atoms with Gasteiger partial charge in [0.2, 0.25) is 0 Å². The summed E-state index contributed by atoms with van der Waals surface area (Å²) in [5.74, 6) is 0. The van der Waals surface area contributed by atoms with Gasteiger partial charge in [-0.25, -0.2) is 0 Å². The molecule has 3 heterocycles. The number of hydrogen-bond acceptors (Lipinski definition) is 3. The van der Waals surface area contributed by atoms with Crippen LogP contribution in [0.1, 0.15) is 36.8 Å². The Morgan fingerprint density at radius 2 is 1.95 bits per heavy atom. The molecular weight excluding hydrogens is 282 g/mol. The van der Waals surface area contributed by atoms with Gasteiger partial charge in [0.05, 0.1) is 11.1 Å². The molecule has 3 nitrogen and oxygen atoms in total. The van der Waals surface area contributed by atoms with Crippen molar-refractivity contribution in [2.75, 3.05) is 0 Å². The van der Waals surface area contributed by atoms with Crippen LogP contribution in [0.4, 0.5) is 0 Å². The van der Waals surface area contributed by atoms with Crippen molar-refractivity contribution in [2.45, 2.75) is 48.7 Å². The SMILES string of the molecule is Cc1c(C2(O)CC3CCC(C2)S3=O)ccc2cccnc12. The maximum atomic E-state index is 12.2. The molecule has 2 aromatic rings. The third kappa shape index (κ3) is 1.96. The van der Waals surface area contributed by atoms with E-state index in [9.17, 15) is 9.32 Å². The molecule has 4 heteroatoms.